The highest BCUT2D eigenvalue weighted by Gasteiger charge is 2.12. The second-order valence-corrected chi connectivity index (χ2v) is 4.87. The molecule has 1 heterocycles. The molecule has 0 aliphatic carbocycles. The minimum atomic E-state index is -0.392. The molecular weight excluding hydrogens is 256 g/mol. The monoisotopic (exact) mass is 274 g/mol. The van der Waals surface area contributed by atoms with Crippen LogP contribution in [-0.2, 0) is 0 Å². The molecule has 0 radical (unpaired) electrons. The lowest BCUT2D eigenvalue weighted by atomic mass is 10.1. The van der Waals surface area contributed by atoms with Crippen molar-refractivity contribution in [3.63, 3.8) is 0 Å². The second-order valence-electron chi connectivity index (χ2n) is 4.87. The average molecular weight is 274 g/mol. The van der Waals surface area contributed by atoms with Crippen LogP contribution in [0.1, 0.15) is 32.4 Å². The molecule has 0 aliphatic heterocycles. The van der Waals surface area contributed by atoms with Gasteiger partial charge in [-0.3, -0.25) is 10.1 Å². The van der Waals surface area contributed by atoms with Crippen molar-refractivity contribution in [1.82, 2.24) is 9.78 Å². The van der Waals surface area contributed by atoms with Crippen LogP contribution in [0.5, 0.6) is 0 Å². The van der Waals surface area contributed by atoms with Crippen LogP contribution in [0.15, 0.2) is 30.5 Å². The number of nitrogens with zero attached hydrogens (tertiary/aromatic N) is 3. The van der Waals surface area contributed by atoms with E-state index in [0.29, 0.717) is 18.2 Å². The number of aromatic nitrogens is 2. The number of nitro benzene ring substituents is 1. The fraction of sp³-hybridized carbons (Fsp3) is 0.357. The molecule has 0 spiro atoms. The number of nitro groups is 1. The van der Waals surface area contributed by atoms with Gasteiger partial charge in [0.1, 0.15) is 0 Å². The van der Waals surface area contributed by atoms with E-state index in [4.69, 9.17) is 0 Å². The SMILES string of the molecule is CCNc1cc(-n2ccc(C(C)C)n2)cc([N+](=O)[O-])c1. The molecule has 6 heteroatoms. The van der Waals surface area contributed by atoms with Crippen LogP contribution in [-0.4, -0.2) is 21.2 Å². The van der Waals surface area contributed by atoms with Gasteiger partial charge in [-0.25, -0.2) is 4.68 Å². The van der Waals surface area contributed by atoms with Gasteiger partial charge in [0, 0.05) is 30.6 Å². The summed E-state index contributed by atoms with van der Waals surface area (Å²) in [5.74, 6) is 0.322. The Morgan fingerprint density at radius 3 is 2.70 bits per heavy atom. The Morgan fingerprint density at radius 2 is 2.15 bits per heavy atom. The Morgan fingerprint density at radius 1 is 1.40 bits per heavy atom. The largest absolute Gasteiger partial charge is 0.385 e. The van der Waals surface area contributed by atoms with Gasteiger partial charge in [-0.15, -0.1) is 0 Å². The van der Waals surface area contributed by atoms with Crippen molar-refractivity contribution >= 4 is 11.4 Å². The topological polar surface area (TPSA) is 73.0 Å². The third-order valence-electron chi connectivity index (χ3n) is 2.96. The maximum absolute atomic E-state index is 11.0. The smallest absolute Gasteiger partial charge is 0.273 e. The van der Waals surface area contributed by atoms with Crippen molar-refractivity contribution in [2.75, 3.05) is 11.9 Å². The molecule has 106 valence electrons. The summed E-state index contributed by atoms with van der Waals surface area (Å²) in [5, 5.41) is 18.5. The fourth-order valence-corrected chi connectivity index (χ4v) is 1.93. The number of hydrogen-bond donors (Lipinski definition) is 1. The van der Waals surface area contributed by atoms with Gasteiger partial charge in [0.15, 0.2) is 0 Å². The molecule has 0 atom stereocenters. The predicted octanol–water partition coefficient (Wildman–Crippen LogP) is 3.34. The second kappa shape index (κ2) is 5.73. The van der Waals surface area contributed by atoms with E-state index in [1.807, 2.05) is 25.3 Å². The summed E-state index contributed by atoms with van der Waals surface area (Å²) in [4.78, 5) is 10.6. The molecule has 0 saturated heterocycles. The number of anilines is 1. The molecular formula is C14H18N4O2. The fourth-order valence-electron chi connectivity index (χ4n) is 1.93. The zero-order valence-corrected chi connectivity index (χ0v) is 11.8. The first-order chi connectivity index (χ1) is 9.51. The Bertz CT molecular complexity index is 619. The Balaban J connectivity index is 2.45. The summed E-state index contributed by atoms with van der Waals surface area (Å²) < 4.78 is 1.67. The normalized spacial score (nSPS) is 10.8. The average Bonchev–Trinajstić information content (AvgIpc) is 2.88. The first-order valence-corrected chi connectivity index (χ1v) is 6.60. The highest BCUT2D eigenvalue weighted by Crippen LogP contribution is 2.24. The van der Waals surface area contributed by atoms with E-state index in [9.17, 15) is 10.1 Å². The van der Waals surface area contributed by atoms with Crippen molar-refractivity contribution in [3.05, 3.63) is 46.3 Å². The minimum Gasteiger partial charge on any atom is -0.385 e. The van der Waals surface area contributed by atoms with E-state index < -0.39 is 4.92 Å². The van der Waals surface area contributed by atoms with Gasteiger partial charge >= 0.3 is 0 Å². The van der Waals surface area contributed by atoms with Gasteiger partial charge in [0.2, 0.25) is 0 Å². The summed E-state index contributed by atoms with van der Waals surface area (Å²) in [7, 11) is 0. The van der Waals surface area contributed by atoms with Crippen molar-refractivity contribution in [1.29, 1.82) is 0 Å². The molecule has 0 fully saturated rings. The van der Waals surface area contributed by atoms with Crippen molar-refractivity contribution < 1.29 is 4.92 Å². The van der Waals surface area contributed by atoms with Crippen LogP contribution in [0.2, 0.25) is 0 Å². The summed E-state index contributed by atoms with van der Waals surface area (Å²) in [5.41, 5.74) is 2.42. The molecule has 2 aromatic rings. The standard InChI is InChI=1S/C14H18N4O2/c1-4-15-11-7-12(9-13(8-11)18(19)20)17-6-5-14(16-17)10(2)3/h5-10,15H,4H2,1-3H3. The third kappa shape index (κ3) is 2.96. The molecule has 0 bridgehead atoms. The number of non-ortho nitro benzene ring substituents is 1. The van der Waals surface area contributed by atoms with E-state index >= 15 is 0 Å². The summed E-state index contributed by atoms with van der Waals surface area (Å²) in [6.45, 7) is 6.77. The lowest BCUT2D eigenvalue weighted by Crippen LogP contribution is -2.02. The van der Waals surface area contributed by atoms with Crippen LogP contribution in [0.25, 0.3) is 5.69 Å². The van der Waals surface area contributed by atoms with Gasteiger partial charge in [-0.1, -0.05) is 13.8 Å². The lowest BCUT2D eigenvalue weighted by molar-refractivity contribution is -0.384. The zero-order chi connectivity index (χ0) is 14.7. The van der Waals surface area contributed by atoms with E-state index in [2.05, 4.69) is 24.3 Å². The molecule has 0 unspecified atom stereocenters. The van der Waals surface area contributed by atoms with Crippen molar-refractivity contribution in [2.45, 2.75) is 26.7 Å². The van der Waals surface area contributed by atoms with E-state index in [-0.39, 0.29) is 5.69 Å². The highest BCUT2D eigenvalue weighted by molar-refractivity contribution is 5.58. The first-order valence-electron chi connectivity index (χ1n) is 6.60. The molecule has 0 aliphatic rings. The molecule has 2 rings (SSSR count). The van der Waals surface area contributed by atoms with Gasteiger partial charge in [0.25, 0.3) is 5.69 Å². The summed E-state index contributed by atoms with van der Waals surface area (Å²) in [6.07, 6.45) is 1.82. The number of rotatable bonds is 5. The number of benzene rings is 1. The molecule has 1 aromatic heterocycles. The first kappa shape index (κ1) is 14.0. The Kier molecular flexibility index (Phi) is 4.02. The Hall–Kier alpha value is -2.37. The summed E-state index contributed by atoms with van der Waals surface area (Å²) >= 11 is 0. The lowest BCUT2D eigenvalue weighted by Gasteiger charge is -2.07. The maximum atomic E-state index is 11.0. The van der Waals surface area contributed by atoms with Crippen LogP contribution in [0.3, 0.4) is 0 Å². The van der Waals surface area contributed by atoms with Gasteiger partial charge in [0.05, 0.1) is 16.3 Å². The van der Waals surface area contributed by atoms with E-state index in [1.54, 1.807) is 4.68 Å². The maximum Gasteiger partial charge on any atom is 0.273 e. The van der Waals surface area contributed by atoms with Gasteiger partial charge in [-0.2, -0.15) is 5.10 Å². The number of nitrogens with one attached hydrogen (secondary N) is 1. The third-order valence-corrected chi connectivity index (χ3v) is 2.96. The molecule has 6 nitrogen and oxygen atoms in total. The van der Waals surface area contributed by atoms with Crippen LogP contribution < -0.4 is 5.32 Å². The van der Waals surface area contributed by atoms with Gasteiger partial charge in [-0.05, 0) is 25.0 Å². The van der Waals surface area contributed by atoms with Crippen LogP contribution in [0.4, 0.5) is 11.4 Å². The van der Waals surface area contributed by atoms with Crippen LogP contribution in [0, 0.1) is 10.1 Å². The van der Waals surface area contributed by atoms with Crippen LogP contribution >= 0.6 is 0 Å². The molecule has 20 heavy (non-hydrogen) atoms. The molecule has 0 amide bonds. The molecule has 1 N–H and O–H groups in total. The van der Waals surface area contributed by atoms with Crippen molar-refractivity contribution in [2.24, 2.45) is 0 Å². The summed E-state index contributed by atoms with van der Waals surface area (Å²) in [6, 6.07) is 6.84. The minimum absolute atomic E-state index is 0.0556. The Labute approximate surface area is 117 Å². The highest BCUT2D eigenvalue weighted by atomic mass is 16.6. The predicted molar refractivity (Wildman–Crippen MR) is 78.5 cm³/mol. The van der Waals surface area contributed by atoms with Crippen molar-refractivity contribution in [3.8, 4) is 5.69 Å². The van der Waals surface area contributed by atoms with E-state index in [0.717, 1.165) is 11.4 Å². The number of hydrogen-bond acceptors (Lipinski definition) is 4. The van der Waals surface area contributed by atoms with Gasteiger partial charge < -0.3 is 5.32 Å². The van der Waals surface area contributed by atoms with E-state index in [1.165, 1.54) is 12.1 Å². The quantitative estimate of drug-likeness (QED) is 0.670. The zero-order valence-electron chi connectivity index (χ0n) is 11.8. The molecule has 0 saturated carbocycles. The molecule has 1 aromatic carbocycles.